The van der Waals surface area contributed by atoms with E-state index in [1.807, 2.05) is 0 Å². The number of rotatable bonds is 17. The number of carboxylic acid groups (broad SMARTS) is 1. The summed E-state index contributed by atoms with van der Waals surface area (Å²) >= 11 is 3.99. The second-order valence-electron chi connectivity index (χ2n) is 8.45. The van der Waals surface area contributed by atoms with Gasteiger partial charge in [-0.05, 0) is 24.8 Å². The van der Waals surface area contributed by atoms with Crippen molar-refractivity contribution in [2.45, 2.75) is 56.3 Å². The number of carbonyl (C=O) groups excluding carboxylic acids is 4. The van der Waals surface area contributed by atoms with Gasteiger partial charge in [0.2, 0.25) is 23.6 Å². The number of hydrogen-bond acceptors (Lipinski definition) is 8. The van der Waals surface area contributed by atoms with Crippen molar-refractivity contribution >= 4 is 48.2 Å². The van der Waals surface area contributed by atoms with E-state index in [0.717, 1.165) is 0 Å². The smallest absolute Gasteiger partial charge is 0.326 e. The van der Waals surface area contributed by atoms with Gasteiger partial charge in [-0.3, -0.25) is 24.2 Å². The van der Waals surface area contributed by atoms with Crippen LogP contribution in [-0.2, 0) is 30.4 Å². The summed E-state index contributed by atoms with van der Waals surface area (Å²) in [5, 5.41) is 16.9. The molecule has 0 bridgehead atoms. The Kier molecular flexibility index (Phi) is 14.2. The molecule has 0 saturated heterocycles. The molecule has 0 fully saturated rings. The zero-order valence-electron chi connectivity index (χ0n) is 20.8. The monoisotopic (exact) mass is 552 g/mol. The molecule has 0 spiro atoms. The molecule has 12 N–H and O–H groups in total. The minimum Gasteiger partial charge on any atom is -0.480 e. The molecular weight excluding hydrogens is 516 g/mol. The number of aliphatic carboxylic acids is 1. The van der Waals surface area contributed by atoms with Crippen LogP contribution in [0.1, 0.15) is 31.2 Å². The van der Waals surface area contributed by atoms with E-state index in [1.54, 1.807) is 30.3 Å². The molecule has 0 heterocycles. The first-order chi connectivity index (χ1) is 17.9. The topological polar surface area (TPSA) is 258 Å². The summed E-state index contributed by atoms with van der Waals surface area (Å²) in [5.41, 5.74) is 22.1. The minimum absolute atomic E-state index is 0.0192. The lowest BCUT2D eigenvalue weighted by molar-refractivity contribution is -0.142. The molecule has 210 valence electrons. The molecule has 0 aromatic heterocycles. The second-order valence-corrected chi connectivity index (χ2v) is 8.82. The molecule has 38 heavy (non-hydrogen) atoms. The number of hydrogen-bond donors (Lipinski definition) is 9. The standard InChI is InChI=1S/C23H36N8O6S/c24-14(12-38)19(33)29-15(7-4-10-28-23(26)27)20(34)31-17(11-13-5-2-1-3-6-13)21(35)30-16(22(36)37)8-9-18(25)32/h1-3,5-6,14-17,38H,4,7-12,24H2,(H2,25,32)(H,29,33)(H,30,35)(H,31,34)(H,36,37)(H4,26,27,28). The third kappa shape index (κ3) is 12.4. The van der Waals surface area contributed by atoms with Gasteiger partial charge in [-0.25, -0.2) is 4.79 Å². The van der Waals surface area contributed by atoms with Gasteiger partial charge in [0.25, 0.3) is 0 Å². The Bertz CT molecular complexity index is 989. The predicted octanol–water partition coefficient (Wildman–Crippen LogP) is -2.66. The van der Waals surface area contributed by atoms with Crippen molar-refractivity contribution in [3.05, 3.63) is 35.9 Å². The molecule has 4 unspecified atom stereocenters. The Morgan fingerprint density at radius 3 is 2.00 bits per heavy atom. The number of aliphatic imine (C=N–C) groups is 1. The minimum atomic E-state index is -1.41. The maximum absolute atomic E-state index is 13.2. The molecule has 1 aromatic rings. The maximum Gasteiger partial charge on any atom is 0.326 e. The van der Waals surface area contributed by atoms with Crippen LogP contribution in [0.4, 0.5) is 0 Å². The Morgan fingerprint density at radius 2 is 1.45 bits per heavy atom. The summed E-state index contributed by atoms with van der Waals surface area (Å²) in [6, 6.07) is 4.02. The predicted molar refractivity (Wildman–Crippen MR) is 144 cm³/mol. The van der Waals surface area contributed by atoms with Crippen molar-refractivity contribution in [3.63, 3.8) is 0 Å². The van der Waals surface area contributed by atoms with Gasteiger partial charge in [-0.2, -0.15) is 12.6 Å². The van der Waals surface area contributed by atoms with Gasteiger partial charge >= 0.3 is 5.97 Å². The van der Waals surface area contributed by atoms with Gasteiger partial charge in [-0.15, -0.1) is 0 Å². The number of thiol groups is 1. The van der Waals surface area contributed by atoms with Crippen molar-refractivity contribution < 1.29 is 29.1 Å². The van der Waals surface area contributed by atoms with Crippen LogP contribution in [-0.4, -0.2) is 77.1 Å². The fourth-order valence-corrected chi connectivity index (χ4v) is 3.45. The third-order valence-corrected chi connectivity index (χ3v) is 5.71. The molecule has 4 amide bonds. The second kappa shape index (κ2) is 16.8. The first-order valence-electron chi connectivity index (χ1n) is 11.8. The quantitative estimate of drug-likeness (QED) is 0.0422. The van der Waals surface area contributed by atoms with Crippen LogP contribution in [0.3, 0.4) is 0 Å². The van der Waals surface area contributed by atoms with Crippen LogP contribution >= 0.6 is 12.6 Å². The highest BCUT2D eigenvalue weighted by Gasteiger charge is 2.30. The molecule has 1 rings (SSSR count). The molecule has 0 saturated carbocycles. The van der Waals surface area contributed by atoms with E-state index in [1.165, 1.54) is 0 Å². The van der Waals surface area contributed by atoms with Crippen LogP contribution in [0.15, 0.2) is 35.3 Å². The maximum atomic E-state index is 13.2. The van der Waals surface area contributed by atoms with Gasteiger partial charge < -0.3 is 44.0 Å². The third-order valence-electron chi connectivity index (χ3n) is 5.32. The van der Waals surface area contributed by atoms with E-state index >= 15 is 0 Å². The molecule has 0 aliphatic rings. The Morgan fingerprint density at radius 1 is 0.868 bits per heavy atom. The number of nitrogens with zero attached hydrogens (tertiary/aromatic N) is 1. The number of nitrogens with two attached hydrogens (primary N) is 4. The summed E-state index contributed by atoms with van der Waals surface area (Å²) < 4.78 is 0. The first kappa shape index (κ1) is 32.2. The fourth-order valence-electron chi connectivity index (χ4n) is 3.28. The molecular formula is C23H36N8O6S. The highest BCUT2D eigenvalue weighted by atomic mass is 32.1. The summed E-state index contributed by atoms with van der Waals surface area (Å²) in [7, 11) is 0. The van der Waals surface area contributed by atoms with Crippen LogP contribution in [0, 0.1) is 0 Å². The van der Waals surface area contributed by atoms with Crippen molar-refractivity contribution in [2.75, 3.05) is 12.3 Å². The zero-order chi connectivity index (χ0) is 28.7. The lowest BCUT2D eigenvalue weighted by Crippen LogP contribution is -2.57. The molecule has 15 heteroatoms. The molecule has 0 radical (unpaired) electrons. The molecule has 4 atom stereocenters. The largest absolute Gasteiger partial charge is 0.480 e. The normalized spacial score (nSPS) is 13.7. The van der Waals surface area contributed by atoms with Gasteiger partial charge in [0, 0.05) is 25.1 Å². The molecule has 0 aliphatic heterocycles. The van der Waals surface area contributed by atoms with Gasteiger partial charge in [0.15, 0.2) is 5.96 Å². The fraction of sp³-hybridized carbons (Fsp3) is 0.478. The van der Waals surface area contributed by atoms with Crippen LogP contribution in [0.2, 0.25) is 0 Å². The number of carboxylic acids is 1. The molecule has 1 aromatic carbocycles. The van der Waals surface area contributed by atoms with Crippen molar-refractivity contribution in [1.82, 2.24) is 16.0 Å². The van der Waals surface area contributed by atoms with Crippen molar-refractivity contribution in [1.29, 1.82) is 0 Å². The van der Waals surface area contributed by atoms with Crippen molar-refractivity contribution in [3.8, 4) is 0 Å². The Labute approximate surface area is 225 Å². The Balaban J connectivity index is 3.13. The highest BCUT2D eigenvalue weighted by molar-refractivity contribution is 7.80. The van der Waals surface area contributed by atoms with E-state index in [9.17, 15) is 29.1 Å². The first-order valence-corrected chi connectivity index (χ1v) is 12.5. The van der Waals surface area contributed by atoms with Crippen molar-refractivity contribution in [2.24, 2.45) is 27.9 Å². The summed E-state index contributed by atoms with van der Waals surface area (Å²) in [6.07, 6.45) is -0.0407. The van der Waals surface area contributed by atoms with E-state index in [-0.39, 0.29) is 43.9 Å². The average molecular weight is 553 g/mol. The molecule has 0 aliphatic carbocycles. The summed E-state index contributed by atoms with van der Waals surface area (Å²) in [5.74, 6) is -4.30. The summed E-state index contributed by atoms with van der Waals surface area (Å²) in [4.78, 5) is 65.3. The van der Waals surface area contributed by atoms with Gasteiger partial charge in [-0.1, -0.05) is 30.3 Å². The number of carbonyl (C=O) groups is 5. The average Bonchev–Trinajstić information content (AvgIpc) is 2.87. The number of nitrogens with one attached hydrogen (secondary N) is 3. The van der Waals surface area contributed by atoms with Gasteiger partial charge in [0.05, 0.1) is 6.04 Å². The number of benzene rings is 1. The molecule has 14 nitrogen and oxygen atoms in total. The number of guanidine groups is 1. The highest BCUT2D eigenvalue weighted by Crippen LogP contribution is 2.07. The lowest BCUT2D eigenvalue weighted by atomic mass is 10.0. The number of primary amides is 1. The number of amides is 4. The van der Waals surface area contributed by atoms with Crippen LogP contribution in [0.25, 0.3) is 0 Å². The summed E-state index contributed by atoms with van der Waals surface area (Å²) in [6.45, 7) is 0.189. The van der Waals surface area contributed by atoms with Crippen LogP contribution in [0.5, 0.6) is 0 Å². The van der Waals surface area contributed by atoms with E-state index < -0.39 is 53.8 Å². The zero-order valence-corrected chi connectivity index (χ0v) is 21.7. The van der Waals surface area contributed by atoms with Crippen LogP contribution < -0.4 is 38.9 Å². The lowest BCUT2D eigenvalue weighted by Gasteiger charge is -2.25. The van der Waals surface area contributed by atoms with E-state index in [4.69, 9.17) is 22.9 Å². The SMILES string of the molecule is NC(=O)CCC(NC(=O)C(Cc1ccccc1)NC(=O)C(CCCN=C(N)N)NC(=O)C(N)CS)C(=O)O. The van der Waals surface area contributed by atoms with E-state index in [0.29, 0.717) is 12.0 Å². The van der Waals surface area contributed by atoms with E-state index in [2.05, 4.69) is 33.6 Å². The van der Waals surface area contributed by atoms with Gasteiger partial charge in [0.1, 0.15) is 18.1 Å². The Hall–Kier alpha value is -3.85.